The van der Waals surface area contributed by atoms with Gasteiger partial charge in [-0.3, -0.25) is 4.79 Å². The van der Waals surface area contributed by atoms with Crippen molar-refractivity contribution in [3.8, 4) is 0 Å². The average molecular weight is 468 g/mol. The summed E-state index contributed by atoms with van der Waals surface area (Å²) >= 11 is 5.97. The van der Waals surface area contributed by atoms with E-state index < -0.39 is 0 Å². The van der Waals surface area contributed by atoms with Gasteiger partial charge in [-0.2, -0.15) is 0 Å². The standard InChI is InChI=1S/C24H26ClN5O3/c1-16-13-20(28-24(27-16)29-9-11-32-12-10-29)23(31)30-8-2-3-21(30)22-26-15-19(33-22)14-17-4-6-18(25)7-5-17/h4-7,13,15,21H,2-3,8-12,14H2,1H3. The molecular weight excluding hydrogens is 442 g/mol. The molecule has 5 rings (SSSR count). The van der Waals surface area contributed by atoms with E-state index in [0.717, 1.165) is 42.9 Å². The topological polar surface area (TPSA) is 84.6 Å². The molecule has 2 aliphatic rings. The molecular formula is C24H26ClN5O3. The van der Waals surface area contributed by atoms with E-state index in [-0.39, 0.29) is 11.9 Å². The lowest BCUT2D eigenvalue weighted by atomic mass is 10.1. The molecule has 2 aromatic heterocycles. The van der Waals surface area contributed by atoms with Crippen LogP contribution in [0.1, 0.15) is 52.3 Å². The van der Waals surface area contributed by atoms with E-state index in [2.05, 4.69) is 19.9 Å². The summed E-state index contributed by atoms with van der Waals surface area (Å²) < 4.78 is 11.5. The van der Waals surface area contributed by atoms with Gasteiger partial charge in [0.15, 0.2) is 0 Å². The minimum absolute atomic E-state index is 0.116. The lowest BCUT2D eigenvalue weighted by Crippen LogP contribution is -2.38. The number of carbonyl (C=O) groups is 1. The van der Waals surface area contributed by atoms with Crippen LogP contribution in [0.5, 0.6) is 0 Å². The first-order valence-corrected chi connectivity index (χ1v) is 11.6. The molecule has 1 aromatic carbocycles. The third-order valence-corrected chi connectivity index (χ3v) is 6.27. The number of halogens is 1. The van der Waals surface area contributed by atoms with Gasteiger partial charge in [-0.05, 0) is 43.5 Å². The zero-order chi connectivity index (χ0) is 22.8. The van der Waals surface area contributed by atoms with Gasteiger partial charge in [-0.1, -0.05) is 23.7 Å². The van der Waals surface area contributed by atoms with Crippen LogP contribution in [0.15, 0.2) is 40.9 Å². The monoisotopic (exact) mass is 467 g/mol. The van der Waals surface area contributed by atoms with Crippen LogP contribution in [0, 0.1) is 6.92 Å². The highest BCUT2D eigenvalue weighted by molar-refractivity contribution is 6.30. The Morgan fingerprint density at radius 1 is 1.15 bits per heavy atom. The Bertz CT molecular complexity index is 1130. The lowest BCUT2D eigenvalue weighted by molar-refractivity contribution is 0.0708. The molecule has 0 bridgehead atoms. The van der Waals surface area contributed by atoms with Gasteiger partial charge in [0.1, 0.15) is 17.5 Å². The van der Waals surface area contributed by atoms with Crippen LogP contribution in [0.25, 0.3) is 0 Å². The molecule has 0 spiro atoms. The van der Waals surface area contributed by atoms with E-state index >= 15 is 0 Å². The molecule has 1 atom stereocenters. The molecule has 0 saturated carbocycles. The van der Waals surface area contributed by atoms with Crippen molar-refractivity contribution >= 4 is 23.5 Å². The Labute approximate surface area is 197 Å². The first kappa shape index (κ1) is 21.9. The second kappa shape index (κ2) is 9.49. The molecule has 4 heterocycles. The number of oxazole rings is 1. The Morgan fingerprint density at radius 2 is 1.94 bits per heavy atom. The van der Waals surface area contributed by atoms with Crippen molar-refractivity contribution in [1.82, 2.24) is 19.9 Å². The van der Waals surface area contributed by atoms with Gasteiger partial charge in [-0.15, -0.1) is 0 Å². The smallest absolute Gasteiger partial charge is 0.273 e. The third kappa shape index (κ3) is 4.86. The number of amides is 1. The number of rotatable bonds is 5. The molecule has 8 nitrogen and oxygen atoms in total. The number of hydrogen-bond acceptors (Lipinski definition) is 7. The summed E-state index contributed by atoms with van der Waals surface area (Å²) in [6, 6.07) is 9.22. The van der Waals surface area contributed by atoms with Crippen molar-refractivity contribution in [2.45, 2.75) is 32.2 Å². The van der Waals surface area contributed by atoms with Crippen LogP contribution in [0.4, 0.5) is 5.95 Å². The summed E-state index contributed by atoms with van der Waals surface area (Å²) in [5, 5.41) is 0.703. The summed E-state index contributed by atoms with van der Waals surface area (Å²) in [6.07, 6.45) is 4.08. The summed E-state index contributed by atoms with van der Waals surface area (Å²) in [5.41, 5.74) is 2.27. The van der Waals surface area contributed by atoms with Crippen LogP contribution in [-0.2, 0) is 11.2 Å². The molecule has 172 valence electrons. The second-order valence-corrected chi connectivity index (χ2v) is 8.86. The molecule has 3 aromatic rings. The fourth-order valence-corrected chi connectivity index (χ4v) is 4.47. The normalized spacial score (nSPS) is 18.7. The first-order chi connectivity index (χ1) is 16.1. The number of hydrogen-bond donors (Lipinski definition) is 0. The van der Waals surface area contributed by atoms with Crippen LogP contribution in [-0.4, -0.2) is 58.6 Å². The zero-order valence-electron chi connectivity index (χ0n) is 18.5. The van der Waals surface area contributed by atoms with Crippen molar-refractivity contribution in [2.75, 3.05) is 37.7 Å². The van der Waals surface area contributed by atoms with Gasteiger partial charge < -0.3 is 19.0 Å². The number of nitrogens with zero attached hydrogens (tertiary/aromatic N) is 5. The van der Waals surface area contributed by atoms with E-state index in [1.807, 2.05) is 36.1 Å². The molecule has 1 unspecified atom stereocenters. The predicted octanol–water partition coefficient (Wildman–Crippen LogP) is 3.83. The molecule has 0 radical (unpaired) electrons. The molecule has 2 aliphatic heterocycles. The summed E-state index contributed by atoms with van der Waals surface area (Å²) in [4.78, 5) is 31.0. The largest absolute Gasteiger partial charge is 0.443 e. The Morgan fingerprint density at radius 3 is 2.73 bits per heavy atom. The molecule has 2 fully saturated rings. The van der Waals surface area contributed by atoms with Gasteiger partial charge in [0.2, 0.25) is 11.8 Å². The molecule has 9 heteroatoms. The molecule has 2 saturated heterocycles. The van der Waals surface area contributed by atoms with E-state index in [9.17, 15) is 4.79 Å². The summed E-state index contributed by atoms with van der Waals surface area (Å²) in [5.74, 6) is 1.80. The minimum atomic E-state index is -0.196. The molecule has 33 heavy (non-hydrogen) atoms. The van der Waals surface area contributed by atoms with Crippen molar-refractivity contribution in [2.24, 2.45) is 0 Å². The fourth-order valence-electron chi connectivity index (χ4n) is 4.34. The minimum Gasteiger partial charge on any atom is -0.443 e. The summed E-state index contributed by atoms with van der Waals surface area (Å²) in [6.45, 7) is 5.25. The number of ether oxygens (including phenoxy) is 1. The van der Waals surface area contributed by atoms with Crippen molar-refractivity contribution in [1.29, 1.82) is 0 Å². The van der Waals surface area contributed by atoms with Crippen LogP contribution >= 0.6 is 11.6 Å². The first-order valence-electron chi connectivity index (χ1n) is 11.3. The molecule has 0 N–H and O–H groups in total. The maximum absolute atomic E-state index is 13.5. The summed E-state index contributed by atoms with van der Waals surface area (Å²) in [7, 11) is 0. The maximum Gasteiger partial charge on any atom is 0.273 e. The SMILES string of the molecule is Cc1cc(C(=O)N2CCCC2c2ncc(Cc3ccc(Cl)cc3)o2)nc(N2CCOCC2)n1. The number of anilines is 1. The number of carbonyl (C=O) groups excluding carboxylic acids is 1. The Hall–Kier alpha value is -2.97. The number of aromatic nitrogens is 3. The van der Waals surface area contributed by atoms with Gasteiger partial charge in [0, 0.05) is 36.8 Å². The number of aryl methyl sites for hydroxylation is 1. The third-order valence-electron chi connectivity index (χ3n) is 6.02. The van der Waals surface area contributed by atoms with Crippen LogP contribution in [0.2, 0.25) is 5.02 Å². The zero-order valence-corrected chi connectivity index (χ0v) is 19.3. The average Bonchev–Trinajstić information content (AvgIpc) is 3.50. The fraction of sp³-hybridized carbons (Fsp3) is 0.417. The van der Waals surface area contributed by atoms with E-state index in [1.165, 1.54) is 0 Å². The van der Waals surface area contributed by atoms with Crippen LogP contribution < -0.4 is 4.90 Å². The second-order valence-electron chi connectivity index (χ2n) is 8.42. The quantitative estimate of drug-likeness (QED) is 0.563. The number of morpholine rings is 1. The van der Waals surface area contributed by atoms with E-state index in [0.29, 0.717) is 48.7 Å². The highest BCUT2D eigenvalue weighted by atomic mass is 35.5. The maximum atomic E-state index is 13.5. The predicted molar refractivity (Wildman–Crippen MR) is 124 cm³/mol. The van der Waals surface area contributed by atoms with Gasteiger partial charge in [-0.25, -0.2) is 15.0 Å². The van der Waals surface area contributed by atoms with Gasteiger partial charge in [0.25, 0.3) is 5.91 Å². The molecule has 1 amide bonds. The van der Waals surface area contributed by atoms with Crippen molar-refractivity contribution in [3.05, 3.63) is 70.2 Å². The molecule has 0 aliphatic carbocycles. The number of benzene rings is 1. The van der Waals surface area contributed by atoms with Crippen LogP contribution in [0.3, 0.4) is 0 Å². The highest BCUT2D eigenvalue weighted by Crippen LogP contribution is 2.33. The van der Waals surface area contributed by atoms with Gasteiger partial charge >= 0.3 is 0 Å². The van der Waals surface area contributed by atoms with Crippen molar-refractivity contribution in [3.63, 3.8) is 0 Å². The van der Waals surface area contributed by atoms with E-state index in [1.54, 1.807) is 12.3 Å². The van der Waals surface area contributed by atoms with Gasteiger partial charge in [0.05, 0.1) is 19.4 Å². The Kier molecular flexibility index (Phi) is 6.28. The number of likely N-dealkylation sites (tertiary alicyclic amines) is 1. The van der Waals surface area contributed by atoms with E-state index in [4.69, 9.17) is 20.8 Å². The lowest BCUT2D eigenvalue weighted by Gasteiger charge is -2.27. The van der Waals surface area contributed by atoms with Crippen molar-refractivity contribution < 1.29 is 13.9 Å². The Balaban J connectivity index is 1.33. The highest BCUT2D eigenvalue weighted by Gasteiger charge is 2.35.